The first-order valence-electron chi connectivity index (χ1n) is 11.2. The molecular weight excluding hydrogens is 370 g/mol. The molecule has 3 atom stereocenters. The molecule has 0 aromatic carbocycles. The van der Waals surface area contributed by atoms with Gasteiger partial charge in [0.05, 0.1) is 13.1 Å². The third-order valence-electron chi connectivity index (χ3n) is 6.13. The first-order valence-corrected chi connectivity index (χ1v) is 11.2. The van der Waals surface area contributed by atoms with E-state index in [-0.39, 0.29) is 12.0 Å². The van der Waals surface area contributed by atoms with E-state index in [1.54, 1.807) is 0 Å². The topological polar surface area (TPSA) is 83.7 Å². The summed E-state index contributed by atoms with van der Waals surface area (Å²) in [6.45, 7) is 11.6. The zero-order chi connectivity index (χ0) is 20.6. The summed E-state index contributed by atoms with van der Waals surface area (Å²) in [7, 11) is 0. The van der Waals surface area contributed by atoms with Crippen LogP contribution in [0.4, 0.5) is 0 Å². The second-order valence-corrected chi connectivity index (χ2v) is 8.49. The van der Waals surface area contributed by atoms with Gasteiger partial charge in [-0.2, -0.15) is 4.98 Å². The molecule has 0 bridgehead atoms. The third-order valence-corrected chi connectivity index (χ3v) is 6.13. The molecule has 1 saturated heterocycles. The molecule has 2 fully saturated rings. The predicted octanol–water partition coefficient (Wildman–Crippen LogP) is 2.37. The van der Waals surface area contributed by atoms with E-state index >= 15 is 0 Å². The van der Waals surface area contributed by atoms with Crippen LogP contribution in [0, 0.1) is 5.92 Å². The van der Waals surface area contributed by atoms with E-state index in [1.807, 2.05) is 13.8 Å². The quantitative estimate of drug-likeness (QED) is 0.708. The lowest BCUT2D eigenvalue weighted by molar-refractivity contribution is -0.123. The monoisotopic (exact) mass is 407 g/mol. The number of hydrogen-bond donors (Lipinski definition) is 1. The number of nitrogens with one attached hydrogen (secondary N) is 1. The van der Waals surface area contributed by atoms with Gasteiger partial charge in [-0.25, -0.2) is 0 Å². The SMILES string of the molecule is CCO[C@H](C)c1noc(CN2CCCN(CC(=O)N[C@H]3CCCC[C@@H]3C)CC2)n1. The lowest BCUT2D eigenvalue weighted by Crippen LogP contribution is -2.46. The molecule has 29 heavy (non-hydrogen) atoms. The van der Waals surface area contributed by atoms with Crippen molar-refractivity contribution in [3.8, 4) is 0 Å². The second kappa shape index (κ2) is 11.0. The smallest absolute Gasteiger partial charge is 0.240 e. The minimum absolute atomic E-state index is 0.150. The van der Waals surface area contributed by atoms with Crippen molar-refractivity contribution >= 4 is 5.91 Å². The Hall–Kier alpha value is -1.51. The Bertz CT molecular complexity index is 638. The van der Waals surface area contributed by atoms with Crippen LogP contribution in [0.2, 0.25) is 0 Å². The van der Waals surface area contributed by atoms with E-state index in [1.165, 1.54) is 19.3 Å². The van der Waals surface area contributed by atoms with Crippen LogP contribution < -0.4 is 5.32 Å². The molecule has 3 rings (SSSR count). The van der Waals surface area contributed by atoms with Crippen molar-refractivity contribution in [3.05, 3.63) is 11.7 Å². The van der Waals surface area contributed by atoms with Crippen LogP contribution in [-0.2, 0) is 16.1 Å². The minimum atomic E-state index is -0.150. The lowest BCUT2D eigenvalue weighted by atomic mass is 9.86. The summed E-state index contributed by atoms with van der Waals surface area (Å²) in [5, 5.41) is 7.31. The molecule has 8 heteroatoms. The van der Waals surface area contributed by atoms with Gasteiger partial charge in [-0.1, -0.05) is 24.9 Å². The number of carbonyl (C=O) groups excluding carboxylic acids is 1. The number of nitrogens with zero attached hydrogens (tertiary/aromatic N) is 4. The van der Waals surface area contributed by atoms with Gasteiger partial charge in [0.1, 0.15) is 6.10 Å². The maximum Gasteiger partial charge on any atom is 0.240 e. The maximum absolute atomic E-state index is 12.5. The Balaban J connectivity index is 1.42. The first-order chi connectivity index (χ1) is 14.0. The molecule has 0 spiro atoms. The summed E-state index contributed by atoms with van der Waals surface area (Å²) in [4.78, 5) is 21.6. The Morgan fingerprint density at radius 2 is 1.97 bits per heavy atom. The highest BCUT2D eigenvalue weighted by Crippen LogP contribution is 2.23. The highest BCUT2D eigenvalue weighted by molar-refractivity contribution is 5.78. The van der Waals surface area contributed by atoms with Crippen LogP contribution in [0.25, 0.3) is 0 Å². The molecule has 0 radical (unpaired) electrons. The van der Waals surface area contributed by atoms with Crippen LogP contribution in [-0.4, -0.2) is 71.2 Å². The zero-order valence-corrected chi connectivity index (χ0v) is 18.2. The normalized spacial score (nSPS) is 25.5. The summed E-state index contributed by atoms with van der Waals surface area (Å²) in [6.07, 6.45) is 5.75. The summed E-state index contributed by atoms with van der Waals surface area (Å²) >= 11 is 0. The number of aromatic nitrogens is 2. The fourth-order valence-corrected chi connectivity index (χ4v) is 4.34. The van der Waals surface area contributed by atoms with E-state index in [2.05, 4.69) is 32.2 Å². The van der Waals surface area contributed by atoms with Crippen molar-refractivity contribution < 1.29 is 14.1 Å². The van der Waals surface area contributed by atoms with Gasteiger partial charge in [0.15, 0.2) is 5.82 Å². The Morgan fingerprint density at radius 1 is 1.21 bits per heavy atom. The van der Waals surface area contributed by atoms with Gasteiger partial charge in [-0.05, 0) is 52.1 Å². The Labute approximate surface area is 174 Å². The van der Waals surface area contributed by atoms with Crippen LogP contribution >= 0.6 is 0 Å². The van der Waals surface area contributed by atoms with Gasteiger partial charge < -0.3 is 14.6 Å². The van der Waals surface area contributed by atoms with Gasteiger partial charge in [-0.3, -0.25) is 14.6 Å². The van der Waals surface area contributed by atoms with Crippen LogP contribution in [0.15, 0.2) is 4.52 Å². The second-order valence-electron chi connectivity index (χ2n) is 8.49. The van der Waals surface area contributed by atoms with Gasteiger partial charge in [0, 0.05) is 25.7 Å². The lowest BCUT2D eigenvalue weighted by Gasteiger charge is -2.30. The molecule has 2 aliphatic rings. The molecule has 1 saturated carbocycles. The van der Waals surface area contributed by atoms with E-state index in [0.717, 1.165) is 39.0 Å². The van der Waals surface area contributed by atoms with E-state index in [0.29, 0.717) is 43.4 Å². The molecular formula is C21H37N5O3. The first kappa shape index (κ1) is 22.2. The molecule has 1 aliphatic heterocycles. The third kappa shape index (κ3) is 6.76. The van der Waals surface area contributed by atoms with E-state index in [4.69, 9.17) is 9.26 Å². The molecule has 1 aliphatic carbocycles. The standard InChI is InChI=1S/C21H37N5O3/c1-4-28-17(3)21-23-20(29-24-21)15-26-11-7-10-25(12-13-26)14-19(27)22-18-9-6-5-8-16(18)2/h16-18H,4-15H2,1-3H3,(H,22,27)/t16-,17+,18-/m0/s1. The highest BCUT2D eigenvalue weighted by atomic mass is 16.5. The Kier molecular flexibility index (Phi) is 8.44. The average molecular weight is 408 g/mol. The van der Waals surface area contributed by atoms with Gasteiger partial charge in [-0.15, -0.1) is 0 Å². The van der Waals surface area contributed by atoms with Crippen LogP contribution in [0.5, 0.6) is 0 Å². The average Bonchev–Trinajstić information content (AvgIpc) is 3.05. The van der Waals surface area contributed by atoms with Crippen molar-refractivity contribution in [1.82, 2.24) is 25.3 Å². The number of amides is 1. The summed E-state index contributed by atoms with van der Waals surface area (Å²) in [5.74, 6) is 2.00. The molecule has 1 amide bonds. The molecule has 1 aromatic rings. The van der Waals surface area contributed by atoms with Crippen molar-refractivity contribution in [1.29, 1.82) is 0 Å². The van der Waals surface area contributed by atoms with Crippen molar-refractivity contribution in [2.24, 2.45) is 5.92 Å². The number of rotatable bonds is 8. The Morgan fingerprint density at radius 3 is 2.76 bits per heavy atom. The number of carbonyl (C=O) groups is 1. The van der Waals surface area contributed by atoms with Crippen molar-refractivity contribution in [2.75, 3.05) is 39.3 Å². The van der Waals surface area contributed by atoms with Crippen molar-refractivity contribution in [3.63, 3.8) is 0 Å². The molecule has 0 unspecified atom stereocenters. The molecule has 164 valence electrons. The van der Waals surface area contributed by atoms with Crippen molar-refractivity contribution in [2.45, 2.75) is 71.6 Å². The minimum Gasteiger partial charge on any atom is -0.371 e. The molecule has 8 nitrogen and oxygen atoms in total. The largest absolute Gasteiger partial charge is 0.371 e. The zero-order valence-electron chi connectivity index (χ0n) is 18.2. The van der Waals surface area contributed by atoms with Crippen LogP contribution in [0.1, 0.15) is 70.7 Å². The van der Waals surface area contributed by atoms with Gasteiger partial charge >= 0.3 is 0 Å². The summed E-state index contributed by atoms with van der Waals surface area (Å²) in [6, 6.07) is 0.352. The maximum atomic E-state index is 12.5. The fraction of sp³-hybridized carbons (Fsp3) is 0.857. The van der Waals surface area contributed by atoms with Gasteiger partial charge in [0.25, 0.3) is 0 Å². The molecule has 2 heterocycles. The van der Waals surface area contributed by atoms with Gasteiger partial charge in [0.2, 0.25) is 11.8 Å². The predicted molar refractivity (Wildman–Crippen MR) is 110 cm³/mol. The summed E-state index contributed by atoms with van der Waals surface area (Å²) < 4.78 is 10.9. The summed E-state index contributed by atoms with van der Waals surface area (Å²) in [5.41, 5.74) is 0. The van der Waals surface area contributed by atoms with E-state index < -0.39 is 0 Å². The number of hydrogen-bond acceptors (Lipinski definition) is 7. The molecule has 1 aromatic heterocycles. The van der Waals surface area contributed by atoms with E-state index in [9.17, 15) is 4.79 Å². The number of ether oxygens (including phenoxy) is 1. The molecule has 1 N–H and O–H groups in total. The highest BCUT2D eigenvalue weighted by Gasteiger charge is 2.24. The fourth-order valence-electron chi connectivity index (χ4n) is 4.34. The van der Waals surface area contributed by atoms with Crippen LogP contribution in [0.3, 0.4) is 0 Å².